The zero-order valence-electron chi connectivity index (χ0n) is 9.26. The zero-order valence-corrected chi connectivity index (χ0v) is 10.0. The molecule has 1 aromatic rings. The van der Waals surface area contributed by atoms with Gasteiger partial charge in [0, 0.05) is 5.02 Å². The Hall–Kier alpha value is -1.09. The highest BCUT2D eigenvalue weighted by molar-refractivity contribution is 6.31. The lowest BCUT2D eigenvalue weighted by Crippen LogP contribution is -2.29. The van der Waals surface area contributed by atoms with Crippen LogP contribution in [-0.4, -0.2) is 11.1 Å². The van der Waals surface area contributed by atoms with Crippen LogP contribution in [0.2, 0.25) is 5.02 Å². The quantitative estimate of drug-likeness (QED) is 0.880. The smallest absolute Gasteiger partial charge is 0.309 e. The second-order valence-corrected chi connectivity index (χ2v) is 4.54. The van der Waals surface area contributed by atoms with E-state index >= 15 is 0 Å². The predicted octanol–water partition coefficient (Wildman–Crippen LogP) is 3.52. The maximum atomic E-state index is 13.0. The number of hydrogen-bond donors (Lipinski definition) is 1. The molecule has 0 aliphatic carbocycles. The minimum atomic E-state index is -0.905. The first-order chi connectivity index (χ1) is 7.39. The summed E-state index contributed by atoms with van der Waals surface area (Å²) in [6, 6.07) is 4.00. The topological polar surface area (TPSA) is 37.3 Å². The summed E-state index contributed by atoms with van der Waals surface area (Å²) in [7, 11) is 0. The van der Waals surface area contributed by atoms with Crippen molar-refractivity contribution in [3.8, 4) is 0 Å². The molecule has 1 N–H and O–H groups in total. The fourth-order valence-electron chi connectivity index (χ4n) is 1.45. The van der Waals surface area contributed by atoms with Crippen LogP contribution in [0, 0.1) is 11.2 Å². The second-order valence-electron chi connectivity index (χ2n) is 4.13. The predicted molar refractivity (Wildman–Crippen MR) is 61.1 cm³/mol. The molecule has 0 aromatic heterocycles. The van der Waals surface area contributed by atoms with Crippen molar-refractivity contribution in [3.63, 3.8) is 0 Å². The maximum Gasteiger partial charge on any atom is 0.309 e. The molecule has 0 saturated heterocycles. The molecule has 4 heteroatoms. The van der Waals surface area contributed by atoms with Crippen molar-refractivity contribution in [3.05, 3.63) is 34.6 Å². The van der Waals surface area contributed by atoms with E-state index in [-0.39, 0.29) is 6.42 Å². The number of carbonyl (C=O) groups is 1. The summed E-state index contributed by atoms with van der Waals surface area (Å²) in [6.07, 6.45) is 0.699. The van der Waals surface area contributed by atoms with Gasteiger partial charge in [-0.15, -0.1) is 0 Å². The molecule has 0 amide bonds. The number of halogens is 2. The Bertz CT molecular complexity index is 406. The monoisotopic (exact) mass is 244 g/mol. The van der Waals surface area contributed by atoms with Crippen LogP contribution in [0.1, 0.15) is 25.8 Å². The van der Waals surface area contributed by atoms with E-state index in [0.717, 1.165) is 0 Å². The first-order valence-electron chi connectivity index (χ1n) is 5.06. The lowest BCUT2D eigenvalue weighted by Gasteiger charge is -2.23. The molecule has 1 aromatic carbocycles. The minimum absolute atomic E-state index is 0.232. The van der Waals surface area contributed by atoms with Crippen LogP contribution in [0.4, 0.5) is 4.39 Å². The summed E-state index contributed by atoms with van der Waals surface area (Å²) >= 11 is 5.90. The van der Waals surface area contributed by atoms with Crippen LogP contribution in [0.5, 0.6) is 0 Å². The Labute approximate surface area is 99.0 Å². The van der Waals surface area contributed by atoms with Gasteiger partial charge in [-0.05, 0) is 43.5 Å². The highest BCUT2D eigenvalue weighted by Gasteiger charge is 2.31. The Balaban J connectivity index is 3.03. The van der Waals surface area contributed by atoms with E-state index in [1.54, 1.807) is 13.8 Å². The number of rotatable bonds is 4. The number of benzene rings is 1. The van der Waals surface area contributed by atoms with Crippen molar-refractivity contribution in [2.45, 2.75) is 26.7 Å². The fourth-order valence-corrected chi connectivity index (χ4v) is 1.64. The highest BCUT2D eigenvalue weighted by Crippen LogP contribution is 2.30. The van der Waals surface area contributed by atoms with E-state index < -0.39 is 17.2 Å². The molecule has 2 nitrogen and oxygen atoms in total. The van der Waals surface area contributed by atoms with Crippen LogP contribution in [0.25, 0.3) is 0 Å². The van der Waals surface area contributed by atoms with E-state index in [0.29, 0.717) is 17.0 Å². The lowest BCUT2D eigenvalue weighted by molar-refractivity contribution is -0.148. The number of carboxylic acids is 1. The molecule has 16 heavy (non-hydrogen) atoms. The third-order valence-electron chi connectivity index (χ3n) is 2.89. The molecule has 0 fully saturated rings. The number of carboxylic acid groups (broad SMARTS) is 1. The van der Waals surface area contributed by atoms with E-state index in [1.165, 1.54) is 18.2 Å². The summed E-state index contributed by atoms with van der Waals surface area (Å²) in [5.74, 6) is -1.29. The average Bonchev–Trinajstić information content (AvgIpc) is 2.23. The van der Waals surface area contributed by atoms with Gasteiger partial charge in [-0.2, -0.15) is 0 Å². The average molecular weight is 245 g/mol. The third-order valence-corrected chi connectivity index (χ3v) is 3.25. The van der Waals surface area contributed by atoms with Gasteiger partial charge < -0.3 is 5.11 Å². The van der Waals surface area contributed by atoms with E-state index in [1.807, 2.05) is 0 Å². The van der Waals surface area contributed by atoms with Crippen molar-refractivity contribution in [1.29, 1.82) is 0 Å². The summed E-state index contributed by atoms with van der Waals surface area (Å²) < 4.78 is 13.0. The van der Waals surface area contributed by atoms with E-state index in [4.69, 9.17) is 16.7 Å². The molecule has 1 atom stereocenters. The van der Waals surface area contributed by atoms with Crippen molar-refractivity contribution in [1.82, 2.24) is 0 Å². The van der Waals surface area contributed by atoms with Crippen LogP contribution < -0.4 is 0 Å². The molecular formula is C12H14ClFO2. The number of aliphatic carboxylic acids is 1. The van der Waals surface area contributed by atoms with Crippen molar-refractivity contribution in [2.24, 2.45) is 5.41 Å². The lowest BCUT2D eigenvalue weighted by atomic mass is 9.81. The molecule has 0 aliphatic heterocycles. The molecule has 0 radical (unpaired) electrons. The van der Waals surface area contributed by atoms with Gasteiger partial charge in [0.1, 0.15) is 5.82 Å². The molecular weight excluding hydrogens is 231 g/mol. The van der Waals surface area contributed by atoms with E-state index in [9.17, 15) is 9.18 Å². The van der Waals surface area contributed by atoms with Gasteiger partial charge in [0.2, 0.25) is 0 Å². The van der Waals surface area contributed by atoms with Gasteiger partial charge in [0.25, 0.3) is 0 Å². The van der Waals surface area contributed by atoms with Crippen molar-refractivity contribution < 1.29 is 14.3 Å². The normalized spacial score (nSPS) is 14.5. The van der Waals surface area contributed by atoms with Gasteiger partial charge in [0.05, 0.1) is 5.41 Å². The van der Waals surface area contributed by atoms with Crippen LogP contribution in [-0.2, 0) is 11.2 Å². The maximum absolute atomic E-state index is 13.0. The highest BCUT2D eigenvalue weighted by atomic mass is 35.5. The molecule has 0 heterocycles. The summed E-state index contributed by atoms with van der Waals surface area (Å²) in [5, 5.41) is 9.52. The second kappa shape index (κ2) is 4.83. The van der Waals surface area contributed by atoms with Crippen molar-refractivity contribution in [2.75, 3.05) is 0 Å². The zero-order chi connectivity index (χ0) is 12.3. The third kappa shape index (κ3) is 2.73. The van der Waals surface area contributed by atoms with Crippen LogP contribution in [0.3, 0.4) is 0 Å². The largest absolute Gasteiger partial charge is 0.481 e. The van der Waals surface area contributed by atoms with Crippen LogP contribution >= 0.6 is 11.6 Å². The van der Waals surface area contributed by atoms with Crippen LogP contribution in [0.15, 0.2) is 18.2 Å². The molecule has 0 aliphatic rings. The van der Waals surface area contributed by atoms with Gasteiger partial charge in [-0.1, -0.05) is 18.5 Å². The molecule has 1 unspecified atom stereocenters. The standard InChI is InChI=1S/C12H14ClFO2/c1-3-12(2,11(15)16)7-8-6-9(14)4-5-10(8)13/h4-6H,3,7H2,1-2H3,(H,15,16). The Morgan fingerprint density at radius 2 is 2.19 bits per heavy atom. The Kier molecular flexibility index (Phi) is 3.92. The van der Waals surface area contributed by atoms with Gasteiger partial charge >= 0.3 is 5.97 Å². The van der Waals surface area contributed by atoms with Crippen molar-refractivity contribution >= 4 is 17.6 Å². The first-order valence-corrected chi connectivity index (χ1v) is 5.44. The van der Waals surface area contributed by atoms with E-state index in [2.05, 4.69) is 0 Å². The minimum Gasteiger partial charge on any atom is -0.481 e. The van der Waals surface area contributed by atoms with Gasteiger partial charge in [-0.3, -0.25) is 4.79 Å². The Morgan fingerprint density at radius 1 is 1.56 bits per heavy atom. The molecule has 0 spiro atoms. The number of hydrogen-bond acceptors (Lipinski definition) is 1. The molecule has 0 saturated carbocycles. The molecule has 0 bridgehead atoms. The first kappa shape index (κ1) is 13.0. The van der Waals surface area contributed by atoms with Gasteiger partial charge in [-0.25, -0.2) is 4.39 Å². The molecule has 88 valence electrons. The Morgan fingerprint density at radius 3 is 2.69 bits per heavy atom. The summed E-state index contributed by atoms with van der Waals surface area (Å²) in [4.78, 5) is 11.1. The van der Waals surface area contributed by atoms with Gasteiger partial charge in [0.15, 0.2) is 0 Å². The SMILES string of the molecule is CCC(C)(Cc1cc(F)ccc1Cl)C(=O)O. The summed E-state index contributed by atoms with van der Waals surface area (Å²) in [6.45, 7) is 3.43. The summed E-state index contributed by atoms with van der Waals surface area (Å²) in [5.41, 5.74) is -0.370. The molecule has 1 rings (SSSR count). The fraction of sp³-hybridized carbons (Fsp3) is 0.417.